The van der Waals surface area contributed by atoms with Gasteiger partial charge in [-0.1, -0.05) is 23.5 Å². The van der Waals surface area contributed by atoms with Crippen molar-refractivity contribution in [1.29, 1.82) is 0 Å². The van der Waals surface area contributed by atoms with Gasteiger partial charge in [0.05, 0.1) is 11.8 Å². The van der Waals surface area contributed by atoms with Crippen molar-refractivity contribution in [1.82, 2.24) is 14.9 Å². The lowest BCUT2D eigenvalue weighted by Gasteiger charge is -2.34. The number of rotatable bonds is 4. The molecule has 25 heavy (non-hydrogen) atoms. The first-order valence-corrected chi connectivity index (χ1v) is 9.36. The molecule has 1 fully saturated rings. The van der Waals surface area contributed by atoms with Gasteiger partial charge >= 0.3 is 0 Å². The van der Waals surface area contributed by atoms with Gasteiger partial charge in [-0.2, -0.15) is 0 Å². The summed E-state index contributed by atoms with van der Waals surface area (Å²) in [6.07, 6.45) is 3.78. The van der Waals surface area contributed by atoms with Gasteiger partial charge in [-0.15, -0.1) is 0 Å². The molecular weight excluding hydrogens is 332 g/mol. The van der Waals surface area contributed by atoms with Gasteiger partial charge in [0.2, 0.25) is 0 Å². The fourth-order valence-electron chi connectivity index (χ4n) is 3.25. The van der Waals surface area contributed by atoms with E-state index >= 15 is 0 Å². The SMILES string of the molecule is COc1ccc(C)c2sc(N3CCN(Cc4cccnc4)CC3)nc12. The van der Waals surface area contributed by atoms with Crippen molar-refractivity contribution in [3.63, 3.8) is 0 Å². The monoisotopic (exact) mass is 354 g/mol. The third kappa shape index (κ3) is 3.32. The highest BCUT2D eigenvalue weighted by Crippen LogP contribution is 2.36. The Hall–Kier alpha value is -2.18. The quantitative estimate of drug-likeness (QED) is 0.719. The number of thiazole rings is 1. The Morgan fingerprint density at radius 1 is 1.16 bits per heavy atom. The van der Waals surface area contributed by atoms with Crippen LogP contribution in [0.2, 0.25) is 0 Å². The molecule has 0 radical (unpaired) electrons. The molecule has 0 spiro atoms. The van der Waals surface area contributed by atoms with Crippen molar-refractivity contribution in [2.45, 2.75) is 13.5 Å². The molecule has 0 aliphatic carbocycles. The van der Waals surface area contributed by atoms with Crippen LogP contribution in [0.15, 0.2) is 36.7 Å². The summed E-state index contributed by atoms with van der Waals surface area (Å²) < 4.78 is 6.71. The largest absolute Gasteiger partial charge is 0.494 e. The highest BCUT2D eigenvalue weighted by Gasteiger charge is 2.21. The predicted molar refractivity (Wildman–Crippen MR) is 103 cm³/mol. The number of anilines is 1. The van der Waals surface area contributed by atoms with Gasteiger partial charge in [0.1, 0.15) is 11.3 Å². The first-order chi connectivity index (χ1) is 12.2. The van der Waals surface area contributed by atoms with Gasteiger partial charge < -0.3 is 9.64 Å². The van der Waals surface area contributed by atoms with Gasteiger partial charge in [0, 0.05) is 45.1 Å². The van der Waals surface area contributed by atoms with E-state index in [4.69, 9.17) is 9.72 Å². The summed E-state index contributed by atoms with van der Waals surface area (Å²) >= 11 is 1.77. The maximum absolute atomic E-state index is 5.48. The van der Waals surface area contributed by atoms with Crippen molar-refractivity contribution >= 4 is 26.7 Å². The van der Waals surface area contributed by atoms with Crippen LogP contribution in [0.25, 0.3) is 10.2 Å². The van der Waals surface area contributed by atoms with E-state index in [9.17, 15) is 0 Å². The van der Waals surface area contributed by atoms with Crippen LogP contribution in [0.1, 0.15) is 11.1 Å². The maximum atomic E-state index is 5.48. The van der Waals surface area contributed by atoms with Crippen LogP contribution < -0.4 is 9.64 Å². The number of hydrogen-bond donors (Lipinski definition) is 0. The molecule has 4 rings (SSSR count). The molecule has 1 aromatic carbocycles. The van der Waals surface area contributed by atoms with E-state index in [1.165, 1.54) is 15.8 Å². The molecular formula is C19H22N4OS. The molecule has 5 nitrogen and oxygen atoms in total. The number of fused-ring (bicyclic) bond motifs is 1. The van der Waals surface area contributed by atoms with Crippen LogP contribution in [0.5, 0.6) is 5.75 Å². The van der Waals surface area contributed by atoms with Crippen LogP contribution in [0, 0.1) is 6.92 Å². The van der Waals surface area contributed by atoms with Crippen molar-refractivity contribution in [2.75, 3.05) is 38.2 Å². The van der Waals surface area contributed by atoms with E-state index in [-0.39, 0.29) is 0 Å². The first kappa shape index (κ1) is 16.3. The molecule has 0 bridgehead atoms. The van der Waals surface area contributed by atoms with E-state index in [0.29, 0.717) is 0 Å². The molecule has 1 aliphatic rings. The number of piperazine rings is 1. The van der Waals surface area contributed by atoms with Gasteiger partial charge in [-0.05, 0) is 30.2 Å². The highest BCUT2D eigenvalue weighted by atomic mass is 32.1. The number of hydrogen-bond acceptors (Lipinski definition) is 6. The van der Waals surface area contributed by atoms with Crippen LogP contribution in [-0.4, -0.2) is 48.2 Å². The Bertz CT molecular complexity index is 856. The average molecular weight is 354 g/mol. The molecule has 0 N–H and O–H groups in total. The number of aryl methyl sites for hydroxylation is 1. The molecule has 0 unspecified atom stereocenters. The Labute approximate surface area is 151 Å². The molecule has 1 saturated heterocycles. The van der Waals surface area contributed by atoms with Gasteiger partial charge in [0.25, 0.3) is 0 Å². The summed E-state index contributed by atoms with van der Waals surface area (Å²) in [7, 11) is 1.71. The number of ether oxygens (including phenoxy) is 1. The Balaban J connectivity index is 1.47. The maximum Gasteiger partial charge on any atom is 0.186 e. The zero-order chi connectivity index (χ0) is 17.2. The van der Waals surface area contributed by atoms with E-state index in [1.54, 1.807) is 18.4 Å². The van der Waals surface area contributed by atoms with Crippen molar-refractivity contribution in [3.8, 4) is 5.75 Å². The number of benzene rings is 1. The van der Waals surface area contributed by atoms with Gasteiger partial charge in [0.15, 0.2) is 5.13 Å². The van der Waals surface area contributed by atoms with E-state index in [0.717, 1.165) is 49.1 Å². The molecule has 3 aromatic rings. The fourth-order valence-corrected chi connectivity index (χ4v) is 4.35. The van der Waals surface area contributed by atoms with Crippen LogP contribution in [0.3, 0.4) is 0 Å². The highest BCUT2D eigenvalue weighted by molar-refractivity contribution is 7.22. The number of pyridine rings is 1. The summed E-state index contributed by atoms with van der Waals surface area (Å²) in [4.78, 5) is 13.9. The van der Waals surface area contributed by atoms with Crippen LogP contribution >= 0.6 is 11.3 Å². The summed E-state index contributed by atoms with van der Waals surface area (Å²) in [6, 6.07) is 8.26. The smallest absolute Gasteiger partial charge is 0.186 e. The topological polar surface area (TPSA) is 41.5 Å². The van der Waals surface area contributed by atoms with Crippen molar-refractivity contribution < 1.29 is 4.74 Å². The predicted octanol–water partition coefficient (Wildman–Crippen LogP) is 3.33. The molecule has 0 amide bonds. The molecule has 1 aliphatic heterocycles. The third-order valence-electron chi connectivity index (χ3n) is 4.68. The summed E-state index contributed by atoms with van der Waals surface area (Å²) in [5.41, 5.74) is 3.52. The second kappa shape index (κ2) is 6.98. The molecule has 2 aromatic heterocycles. The average Bonchev–Trinajstić information content (AvgIpc) is 3.10. The molecule has 0 saturated carbocycles. The van der Waals surface area contributed by atoms with Crippen LogP contribution in [-0.2, 0) is 6.54 Å². The number of aromatic nitrogens is 2. The minimum atomic E-state index is 0.860. The van der Waals surface area contributed by atoms with Gasteiger partial charge in [-0.3, -0.25) is 9.88 Å². The number of nitrogens with zero attached hydrogens (tertiary/aromatic N) is 4. The molecule has 0 atom stereocenters. The lowest BCUT2D eigenvalue weighted by atomic mass is 10.2. The van der Waals surface area contributed by atoms with E-state index in [2.05, 4.69) is 33.8 Å². The fraction of sp³-hybridized carbons (Fsp3) is 0.368. The lowest BCUT2D eigenvalue weighted by Crippen LogP contribution is -2.45. The summed E-state index contributed by atoms with van der Waals surface area (Å²) in [6.45, 7) is 7.19. The minimum Gasteiger partial charge on any atom is -0.494 e. The Morgan fingerprint density at radius 2 is 2.00 bits per heavy atom. The number of methoxy groups -OCH3 is 1. The van der Waals surface area contributed by atoms with E-state index < -0.39 is 0 Å². The Morgan fingerprint density at radius 3 is 2.72 bits per heavy atom. The zero-order valence-electron chi connectivity index (χ0n) is 14.6. The summed E-state index contributed by atoms with van der Waals surface area (Å²) in [5.74, 6) is 0.860. The first-order valence-electron chi connectivity index (χ1n) is 8.55. The minimum absolute atomic E-state index is 0.860. The second-order valence-corrected chi connectivity index (χ2v) is 7.36. The molecule has 6 heteroatoms. The molecule has 3 heterocycles. The summed E-state index contributed by atoms with van der Waals surface area (Å²) in [5, 5.41) is 1.10. The standard InChI is InChI=1S/C19H22N4OS/c1-14-5-6-16(24-2)17-18(14)25-19(21-17)23-10-8-22(9-11-23)13-15-4-3-7-20-12-15/h3-7,12H,8-11,13H2,1-2H3. The van der Waals surface area contributed by atoms with E-state index in [1.807, 2.05) is 24.5 Å². The van der Waals surface area contributed by atoms with Gasteiger partial charge in [-0.25, -0.2) is 4.98 Å². The van der Waals surface area contributed by atoms with Crippen molar-refractivity contribution in [2.24, 2.45) is 0 Å². The normalized spacial score (nSPS) is 15.7. The third-order valence-corrected chi connectivity index (χ3v) is 5.94. The zero-order valence-corrected chi connectivity index (χ0v) is 15.4. The lowest BCUT2D eigenvalue weighted by molar-refractivity contribution is 0.249. The molecule has 130 valence electrons. The Kier molecular flexibility index (Phi) is 4.55. The van der Waals surface area contributed by atoms with Crippen LogP contribution in [0.4, 0.5) is 5.13 Å². The van der Waals surface area contributed by atoms with Crippen molar-refractivity contribution in [3.05, 3.63) is 47.8 Å². The second-order valence-electron chi connectivity index (χ2n) is 6.38.